The van der Waals surface area contributed by atoms with Gasteiger partial charge in [-0.1, -0.05) is 30.3 Å². The predicted octanol–water partition coefficient (Wildman–Crippen LogP) is 4.42. The SMILES string of the molecule is CC(C)(C)OC(=O)N1CCC(N2Cc3ncccc3N(Cc3ccccc3)C2=O)CC1. The molecule has 2 aliphatic rings. The van der Waals surface area contributed by atoms with E-state index in [0.717, 1.165) is 29.8 Å². The molecular formula is C24H30N4O3. The lowest BCUT2D eigenvalue weighted by Gasteiger charge is -2.43. The van der Waals surface area contributed by atoms with Gasteiger partial charge in [0, 0.05) is 25.3 Å². The molecule has 7 nitrogen and oxygen atoms in total. The number of carbonyl (C=O) groups excluding carboxylic acids is 2. The van der Waals surface area contributed by atoms with Gasteiger partial charge in [0.1, 0.15) is 5.60 Å². The Balaban J connectivity index is 1.48. The van der Waals surface area contributed by atoms with Crippen molar-refractivity contribution in [2.24, 2.45) is 0 Å². The van der Waals surface area contributed by atoms with E-state index in [2.05, 4.69) is 4.98 Å². The van der Waals surface area contributed by atoms with Gasteiger partial charge in [0.05, 0.1) is 24.5 Å². The second kappa shape index (κ2) is 8.57. The van der Waals surface area contributed by atoms with E-state index in [-0.39, 0.29) is 18.2 Å². The second-order valence-corrected chi connectivity index (χ2v) is 9.15. The standard InChI is InChI=1S/C24H30N4O3/c1-24(2,3)31-23(30)26-14-11-19(12-15-26)27-17-20-21(10-7-13-25-20)28(22(27)29)16-18-8-5-4-6-9-18/h4-10,13,19H,11-12,14-17H2,1-3H3. The summed E-state index contributed by atoms with van der Waals surface area (Å²) in [6, 6.07) is 13.9. The molecule has 7 heteroatoms. The highest BCUT2D eigenvalue weighted by atomic mass is 16.6. The molecule has 1 fully saturated rings. The molecule has 0 spiro atoms. The molecule has 1 saturated heterocycles. The Morgan fingerprint density at radius 2 is 1.81 bits per heavy atom. The van der Waals surface area contributed by atoms with E-state index in [4.69, 9.17) is 4.74 Å². The van der Waals surface area contributed by atoms with Crippen LogP contribution in [0.2, 0.25) is 0 Å². The molecule has 1 aromatic heterocycles. The highest BCUT2D eigenvalue weighted by molar-refractivity contribution is 5.94. The normalized spacial score (nSPS) is 17.5. The summed E-state index contributed by atoms with van der Waals surface area (Å²) in [5.74, 6) is 0. The van der Waals surface area contributed by atoms with Crippen LogP contribution in [0.1, 0.15) is 44.9 Å². The number of amides is 3. The van der Waals surface area contributed by atoms with Crippen molar-refractivity contribution in [2.75, 3.05) is 18.0 Å². The van der Waals surface area contributed by atoms with Crippen molar-refractivity contribution < 1.29 is 14.3 Å². The van der Waals surface area contributed by atoms with E-state index in [1.54, 1.807) is 11.1 Å². The van der Waals surface area contributed by atoms with Gasteiger partial charge in [0.2, 0.25) is 0 Å². The smallest absolute Gasteiger partial charge is 0.410 e. The van der Waals surface area contributed by atoms with Crippen LogP contribution in [0, 0.1) is 0 Å². The molecule has 2 aromatic rings. The first-order valence-electron chi connectivity index (χ1n) is 10.9. The number of likely N-dealkylation sites (tertiary alicyclic amines) is 1. The zero-order chi connectivity index (χ0) is 22.0. The molecule has 1 aromatic carbocycles. The summed E-state index contributed by atoms with van der Waals surface area (Å²) in [6.45, 7) is 7.78. The van der Waals surface area contributed by atoms with E-state index < -0.39 is 5.60 Å². The fourth-order valence-electron chi connectivity index (χ4n) is 4.17. The molecular weight excluding hydrogens is 392 g/mol. The molecule has 3 heterocycles. The van der Waals surface area contributed by atoms with Crippen LogP contribution in [0.15, 0.2) is 48.7 Å². The highest BCUT2D eigenvalue weighted by Crippen LogP contribution is 2.32. The minimum absolute atomic E-state index is 0.0000658. The molecule has 3 amide bonds. The quantitative estimate of drug-likeness (QED) is 0.734. The maximum atomic E-state index is 13.5. The number of ether oxygens (including phenoxy) is 1. The van der Waals surface area contributed by atoms with E-state index in [0.29, 0.717) is 26.2 Å². The first-order chi connectivity index (χ1) is 14.8. The fraction of sp³-hybridized carbons (Fsp3) is 0.458. The summed E-state index contributed by atoms with van der Waals surface area (Å²) in [5, 5.41) is 0. The Morgan fingerprint density at radius 3 is 2.48 bits per heavy atom. The maximum Gasteiger partial charge on any atom is 0.410 e. The summed E-state index contributed by atoms with van der Waals surface area (Å²) in [5.41, 5.74) is 2.35. The van der Waals surface area contributed by atoms with E-state index in [1.807, 2.05) is 73.0 Å². The summed E-state index contributed by atoms with van der Waals surface area (Å²) in [6.07, 6.45) is 2.95. The molecule has 164 valence electrons. The number of nitrogens with zero attached hydrogens (tertiary/aromatic N) is 4. The fourth-order valence-corrected chi connectivity index (χ4v) is 4.17. The van der Waals surface area contributed by atoms with Crippen molar-refractivity contribution in [3.8, 4) is 0 Å². The first-order valence-corrected chi connectivity index (χ1v) is 10.9. The van der Waals surface area contributed by atoms with E-state index in [9.17, 15) is 9.59 Å². The van der Waals surface area contributed by atoms with Crippen molar-refractivity contribution >= 4 is 17.8 Å². The number of piperidine rings is 1. The largest absolute Gasteiger partial charge is 0.444 e. The molecule has 4 rings (SSSR count). The average molecular weight is 423 g/mol. The minimum Gasteiger partial charge on any atom is -0.444 e. The van der Waals surface area contributed by atoms with Gasteiger partial charge in [-0.3, -0.25) is 9.88 Å². The number of hydrogen-bond donors (Lipinski definition) is 0. The van der Waals surface area contributed by atoms with Crippen LogP contribution in [-0.4, -0.2) is 51.6 Å². The van der Waals surface area contributed by atoms with Crippen LogP contribution in [-0.2, 0) is 17.8 Å². The number of rotatable bonds is 3. The molecule has 2 aliphatic heterocycles. The number of benzene rings is 1. The van der Waals surface area contributed by atoms with Crippen molar-refractivity contribution in [3.05, 3.63) is 59.9 Å². The second-order valence-electron chi connectivity index (χ2n) is 9.15. The van der Waals surface area contributed by atoms with Crippen molar-refractivity contribution in [1.82, 2.24) is 14.8 Å². The number of urea groups is 1. The Hall–Kier alpha value is -3.09. The monoisotopic (exact) mass is 422 g/mol. The third kappa shape index (κ3) is 4.81. The van der Waals surface area contributed by atoms with E-state index in [1.165, 1.54) is 0 Å². The van der Waals surface area contributed by atoms with Crippen molar-refractivity contribution in [3.63, 3.8) is 0 Å². The number of anilines is 1. The van der Waals surface area contributed by atoms with Gasteiger partial charge < -0.3 is 14.5 Å². The van der Waals surface area contributed by atoms with Crippen LogP contribution in [0.25, 0.3) is 0 Å². The summed E-state index contributed by atoms with van der Waals surface area (Å²) in [7, 11) is 0. The zero-order valence-corrected chi connectivity index (χ0v) is 18.5. The van der Waals surface area contributed by atoms with Gasteiger partial charge in [-0.25, -0.2) is 9.59 Å². The third-order valence-corrected chi connectivity index (χ3v) is 5.69. The van der Waals surface area contributed by atoms with Gasteiger partial charge in [-0.05, 0) is 51.3 Å². The van der Waals surface area contributed by atoms with Crippen molar-refractivity contribution in [1.29, 1.82) is 0 Å². The lowest BCUT2D eigenvalue weighted by molar-refractivity contribution is 0.0160. The summed E-state index contributed by atoms with van der Waals surface area (Å²) in [4.78, 5) is 35.9. The topological polar surface area (TPSA) is 66.0 Å². The Bertz CT molecular complexity index is 933. The van der Waals surface area contributed by atoms with Crippen LogP contribution in [0.4, 0.5) is 15.3 Å². The molecule has 0 atom stereocenters. The lowest BCUT2D eigenvalue weighted by atomic mass is 10.0. The number of carbonyl (C=O) groups is 2. The van der Waals surface area contributed by atoms with Crippen LogP contribution < -0.4 is 4.90 Å². The summed E-state index contributed by atoms with van der Waals surface area (Å²) >= 11 is 0. The maximum absolute atomic E-state index is 13.5. The zero-order valence-electron chi connectivity index (χ0n) is 18.5. The van der Waals surface area contributed by atoms with Gasteiger partial charge in [-0.15, -0.1) is 0 Å². The minimum atomic E-state index is -0.510. The number of pyridine rings is 1. The third-order valence-electron chi connectivity index (χ3n) is 5.69. The van der Waals surface area contributed by atoms with Crippen molar-refractivity contribution in [2.45, 2.75) is 58.3 Å². The number of hydrogen-bond acceptors (Lipinski definition) is 4. The number of aromatic nitrogens is 1. The highest BCUT2D eigenvalue weighted by Gasteiger charge is 2.37. The summed E-state index contributed by atoms with van der Waals surface area (Å²) < 4.78 is 5.50. The molecule has 0 aliphatic carbocycles. The Morgan fingerprint density at radius 1 is 1.10 bits per heavy atom. The molecule has 0 bridgehead atoms. The Labute approximate surface area is 183 Å². The van der Waals surface area contributed by atoms with Crippen LogP contribution >= 0.6 is 0 Å². The molecule has 0 saturated carbocycles. The van der Waals surface area contributed by atoms with E-state index >= 15 is 0 Å². The number of fused-ring (bicyclic) bond motifs is 1. The molecule has 0 unspecified atom stereocenters. The van der Waals surface area contributed by atoms with Gasteiger partial charge in [0.25, 0.3) is 0 Å². The van der Waals surface area contributed by atoms with Gasteiger partial charge in [-0.2, -0.15) is 0 Å². The Kier molecular flexibility index (Phi) is 5.85. The molecule has 31 heavy (non-hydrogen) atoms. The molecule has 0 radical (unpaired) electrons. The first kappa shape index (κ1) is 21.2. The van der Waals surface area contributed by atoms with Gasteiger partial charge >= 0.3 is 12.1 Å². The molecule has 0 N–H and O–H groups in total. The average Bonchev–Trinajstić information content (AvgIpc) is 2.75. The lowest BCUT2D eigenvalue weighted by Crippen LogP contribution is -2.54. The van der Waals surface area contributed by atoms with Crippen LogP contribution in [0.5, 0.6) is 0 Å². The predicted molar refractivity (Wildman–Crippen MR) is 119 cm³/mol. The van der Waals surface area contributed by atoms with Gasteiger partial charge in [0.15, 0.2) is 0 Å². The van der Waals surface area contributed by atoms with Crippen LogP contribution in [0.3, 0.4) is 0 Å².